The number of carbonyl (C=O) groups excluding carboxylic acids is 1. The van der Waals surface area contributed by atoms with Gasteiger partial charge in [0.25, 0.3) is 0 Å². The Labute approximate surface area is 138 Å². The number of alkyl carbamates (subject to hydrolysis) is 1. The molecule has 0 spiro atoms. The molecule has 2 N–H and O–H groups in total. The summed E-state index contributed by atoms with van der Waals surface area (Å²) in [6, 6.07) is 7.99. The average molecular weight is 366 g/mol. The molecule has 6 heteroatoms. The number of ether oxygens (including phenoxy) is 1. The Bertz CT molecular complexity index is 647. The summed E-state index contributed by atoms with van der Waals surface area (Å²) in [6.07, 6.45) is 2.00. The van der Waals surface area contributed by atoms with Crippen LogP contribution in [0.5, 0.6) is 0 Å². The van der Waals surface area contributed by atoms with E-state index in [1.54, 1.807) is 6.20 Å². The predicted molar refractivity (Wildman–Crippen MR) is 89.7 cm³/mol. The zero-order valence-electron chi connectivity index (χ0n) is 12.9. The minimum Gasteiger partial charge on any atom is -0.444 e. The number of H-pyrrole nitrogens is 1. The second-order valence-corrected chi connectivity index (χ2v) is 6.85. The van der Waals surface area contributed by atoms with E-state index in [1.165, 1.54) is 0 Å². The summed E-state index contributed by atoms with van der Waals surface area (Å²) in [6.45, 7) is 5.98. The third-order valence-corrected chi connectivity index (χ3v) is 3.29. The molecule has 0 fully saturated rings. The lowest BCUT2D eigenvalue weighted by molar-refractivity contribution is 0.0528. The highest BCUT2D eigenvalue weighted by atomic mass is 79.9. The van der Waals surface area contributed by atoms with Crippen LogP contribution < -0.4 is 5.32 Å². The number of aromatic amines is 1. The van der Waals surface area contributed by atoms with E-state index in [0.29, 0.717) is 13.0 Å². The van der Waals surface area contributed by atoms with Crippen molar-refractivity contribution in [2.45, 2.75) is 32.8 Å². The van der Waals surface area contributed by atoms with Gasteiger partial charge in [-0.25, -0.2) is 9.78 Å². The molecular formula is C16H20BrN3O2. The smallest absolute Gasteiger partial charge is 0.407 e. The van der Waals surface area contributed by atoms with Crippen LogP contribution in [0.15, 0.2) is 34.9 Å². The van der Waals surface area contributed by atoms with Gasteiger partial charge in [-0.05, 0) is 32.9 Å². The minimum absolute atomic E-state index is 0.411. The molecule has 0 aliphatic heterocycles. The number of hydrogen-bond donors (Lipinski definition) is 2. The van der Waals surface area contributed by atoms with Gasteiger partial charge in [0.2, 0.25) is 0 Å². The van der Waals surface area contributed by atoms with Crippen molar-refractivity contribution in [2.24, 2.45) is 0 Å². The summed E-state index contributed by atoms with van der Waals surface area (Å²) in [5.74, 6) is 0.825. The van der Waals surface area contributed by atoms with Gasteiger partial charge in [-0.15, -0.1) is 0 Å². The van der Waals surface area contributed by atoms with Crippen LogP contribution in [0.2, 0.25) is 0 Å². The molecule has 0 unspecified atom stereocenters. The molecule has 0 aliphatic carbocycles. The molecule has 1 heterocycles. The molecule has 118 valence electrons. The lowest BCUT2D eigenvalue weighted by atomic mass is 10.2. The number of hydrogen-bond acceptors (Lipinski definition) is 3. The van der Waals surface area contributed by atoms with Crippen LogP contribution in [-0.2, 0) is 11.2 Å². The molecule has 0 saturated carbocycles. The number of imidazole rings is 1. The topological polar surface area (TPSA) is 67.0 Å². The fraction of sp³-hybridized carbons (Fsp3) is 0.375. The number of halogens is 1. The molecule has 0 bridgehead atoms. The molecule has 1 aromatic carbocycles. The maximum atomic E-state index is 11.5. The Morgan fingerprint density at radius 2 is 2.18 bits per heavy atom. The van der Waals surface area contributed by atoms with Gasteiger partial charge in [-0.1, -0.05) is 28.1 Å². The van der Waals surface area contributed by atoms with Crippen LogP contribution in [0, 0.1) is 0 Å². The van der Waals surface area contributed by atoms with E-state index >= 15 is 0 Å². The van der Waals surface area contributed by atoms with Gasteiger partial charge in [-0.3, -0.25) is 0 Å². The van der Waals surface area contributed by atoms with E-state index < -0.39 is 11.7 Å². The summed E-state index contributed by atoms with van der Waals surface area (Å²) in [7, 11) is 0. The van der Waals surface area contributed by atoms with E-state index in [2.05, 4.69) is 31.2 Å². The number of rotatable bonds is 4. The first-order valence-corrected chi connectivity index (χ1v) is 7.89. The summed E-state index contributed by atoms with van der Waals surface area (Å²) in [4.78, 5) is 19.1. The second kappa shape index (κ2) is 6.96. The average Bonchev–Trinajstić information content (AvgIpc) is 2.85. The molecule has 0 aliphatic rings. The Kier molecular flexibility index (Phi) is 5.24. The van der Waals surface area contributed by atoms with Gasteiger partial charge in [0, 0.05) is 23.0 Å². The lowest BCUT2D eigenvalue weighted by Crippen LogP contribution is -2.33. The Balaban J connectivity index is 1.87. The first-order valence-electron chi connectivity index (χ1n) is 7.10. The van der Waals surface area contributed by atoms with Crippen LogP contribution in [0.3, 0.4) is 0 Å². The molecule has 1 aromatic heterocycles. The molecule has 0 radical (unpaired) electrons. The van der Waals surface area contributed by atoms with Crippen molar-refractivity contribution in [3.05, 3.63) is 40.8 Å². The van der Waals surface area contributed by atoms with Crippen molar-refractivity contribution in [2.75, 3.05) is 6.54 Å². The van der Waals surface area contributed by atoms with Gasteiger partial charge >= 0.3 is 6.09 Å². The Hall–Kier alpha value is -1.82. The SMILES string of the molecule is CC(C)(C)OC(=O)NCCc1ncc(-c2cccc(Br)c2)[nH]1. The zero-order valence-corrected chi connectivity index (χ0v) is 14.5. The number of amides is 1. The van der Waals surface area contributed by atoms with E-state index in [-0.39, 0.29) is 0 Å². The van der Waals surface area contributed by atoms with Crippen molar-refractivity contribution < 1.29 is 9.53 Å². The summed E-state index contributed by atoms with van der Waals surface area (Å²) >= 11 is 3.45. The van der Waals surface area contributed by atoms with Gasteiger partial charge in [0.1, 0.15) is 11.4 Å². The van der Waals surface area contributed by atoms with Gasteiger partial charge in [0.15, 0.2) is 0 Å². The van der Waals surface area contributed by atoms with Crippen LogP contribution >= 0.6 is 15.9 Å². The summed E-state index contributed by atoms with van der Waals surface area (Å²) in [5, 5.41) is 2.72. The normalized spacial score (nSPS) is 11.3. The van der Waals surface area contributed by atoms with E-state index in [1.807, 2.05) is 45.0 Å². The Morgan fingerprint density at radius 3 is 2.86 bits per heavy atom. The standard InChI is InChI=1S/C16H20BrN3O2/c1-16(2,3)22-15(21)18-8-7-14-19-10-13(20-14)11-5-4-6-12(17)9-11/h4-6,9-10H,7-8H2,1-3H3,(H,18,21)(H,19,20). The molecule has 22 heavy (non-hydrogen) atoms. The molecule has 0 atom stereocenters. The Morgan fingerprint density at radius 1 is 1.41 bits per heavy atom. The highest BCUT2D eigenvalue weighted by Gasteiger charge is 2.15. The number of carbonyl (C=O) groups is 1. The molecule has 5 nitrogen and oxygen atoms in total. The van der Waals surface area contributed by atoms with Crippen molar-refractivity contribution in [1.82, 2.24) is 15.3 Å². The maximum Gasteiger partial charge on any atom is 0.407 e. The lowest BCUT2D eigenvalue weighted by Gasteiger charge is -2.19. The number of nitrogens with zero attached hydrogens (tertiary/aromatic N) is 1. The van der Waals surface area contributed by atoms with Crippen LogP contribution in [0.1, 0.15) is 26.6 Å². The molecule has 1 amide bonds. The van der Waals surface area contributed by atoms with Crippen molar-refractivity contribution in [1.29, 1.82) is 0 Å². The highest BCUT2D eigenvalue weighted by Crippen LogP contribution is 2.21. The number of benzene rings is 1. The predicted octanol–water partition coefficient (Wildman–Crippen LogP) is 3.91. The van der Waals surface area contributed by atoms with Crippen molar-refractivity contribution in [3.8, 4) is 11.3 Å². The van der Waals surface area contributed by atoms with Crippen LogP contribution in [-0.4, -0.2) is 28.2 Å². The first-order chi connectivity index (χ1) is 10.3. The summed E-state index contributed by atoms with van der Waals surface area (Å²) in [5.41, 5.74) is 1.53. The number of aromatic nitrogens is 2. The maximum absolute atomic E-state index is 11.5. The molecule has 2 rings (SSSR count). The van der Waals surface area contributed by atoms with Crippen molar-refractivity contribution >= 4 is 22.0 Å². The van der Waals surface area contributed by atoms with E-state index in [9.17, 15) is 4.79 Å². The van der Waals surface area contributed by atoms with Crippen LogP contribution in [0.25, 0.3) is 11.3 Å². The zero-order chi connectivity index (χ0) is 16.2. The fourth-order valence-electron chi connectivity index (χ4n) is 1.89. The number of nitrogens with one attached hydrogen (secondary N) is 2. The monoisotopic (exact) mass is 365 g/mol. The molecule has 0 saturated heterocycles. The minimum atomic E-state index is -0.484. The van der Waals surface area contributed by atoms with Gasteiger partial charge in [-0.2, -0.15) is 0 Å². The summed E-state index contributed by atoms with van der Waals surface area (Å²) < 4.78 is 6.20. The third-order valence-electron chi connectivity index (χ3n) is 2.79. The third kappa shape index (κ3) is 5.18. The largest absolute Gasteiger partial charge is 0.444 e. The van der Waals surface area contributed by atoms with Gasteiger partial charge in [0.05, 0.1) is 11.9 Å². The van der Waals surface area contributed by atoms with Gasteiger partial charge < -0.3 is 15.0 Å². The molecule has 2 aromatic rings. The quantitative estimate of drug-likeness (QED) is 0.862. The highest BCUT2D eigenvalue weighted by molar-refractivity contribution is 9.10. The molecular weight excluding hydrogens is 346 g/mol. The fourth-order valence-corrected chi connectivity index (χ4v) is 2.29. The van der Waals surface area contributed by atoms with E-state index in [0.717, 1.165) is 21.6 Å². The van der Waals surface area contributed by atoms with Crippen molar-refractivity contribution in [3.63, 3.8) is 0 Å². The van der Waals surface area contributed by atoms with Crippen LogP contribution in [0.4, 0.5) is 4.79 Å². The van der Waals surface area contributed by atoms with E-state index in [4.69, 9.17) is 4.74 Å². The second-order valence-electron chi connectivity index (χ2n) is 5.93. The first kappa shape index (κ1) is 16.5.